The summed E-state index contributed by atoms with van der Waals surface area (Å²) in [6.07, 6.45) is 1.66. The van der Waals surface area contributed by atoms with E-state index in [0.717, 1.165) is 5.39 Å². The smallest absolute Gasteiger partial charge is 0.347 e. The summed E-state index contributed by atoms with van der Waals surface area (Å²) >= 11 is 0. The van der Waals surface area contributed by atoms with E-state index in [2.05, 4.69) is 4.98 Å². The summed E-state index contributed by atoms with van der Waals surface area (Å²) in [7, 11) is 0. The van der Waals surface area contributed by atoms with E-state index in [4.69, 9.17) is 9.84 Å². The predicted molar refractivity (Wildman–Crippen MR) is 64.1 cm³/mol. The molecule has 1 heterocycles. The molecule has 0 spiro atoms. The minimum atomic E-state index is -1.27. The fourth-order valence-corrected chi connectivity index (χ4v) is 1.48. The molecule has 0 unspecified atom stereocenters. The predicted octanol–water partition coefficient (Wildman–Crippen LogP) is 2.48. The van der Waals surface area contributed by atoms with Gasteiger partial charge in [0.1, 0.15) is 11.3 Å². The number of ether oxygens (including phenoxy) is 1. The van der Waals surface area contributed by atoms with Crippen LogP contribution in [0, 0.1) is 0 Å². The van der Waals surface area contributed by atoms with Crippen LogP contribution in [0.5, 0.6) is 5.75 Å². The van der Waals surface area contributed by atoms with E-state index >= 15 is 0 Å². The van der Waals surface area contributed by atoms with Crippen molar-refractivity contribution >= 4 is 16.9 Å². The number of carboxylic acids is 1. The van der Waals surface area contributed by atoms with Crippen LogP contribution in [0.3, 0.4) is 0 Å². The third kappa shape index (κ3) is 2.20. The third-order valence-corrected chi connectivity index (χ3v) is 2.48. The number of hydrogen-bond acceptors (Lipinski definition) is 3. The van der Waals surface area contributed by atoms with Gasteiger partial charge in [0.05, 0.1) is 0 Å². The van der Waals surface area contributed by atoms with Crippen molar-refractivity contribution in [2.45, 2.75) is 19.4 Å². The van der Waals surface area contributed by atoms with Crippen LogP contribution >= 0.6 is 0 Å². The van der Waals surface area contributed by atoms with E-state index in [9.17, 15) is 4.79 Å². The van der Waals surface area contributed by atoms with Crippen molar-refractivity contribution in [1.29, 1.82) is 0 Å². The second-order valence-corrected chi connectivity index (χ2v) is 4.25. The Balaban J connectivity index is 2.46. The molecule has 2 aromatic rings. The van der Waals surface area contributed by atoms with Crippen LogP contribution in [0.15, 0.2) is 36.5 Å². The molecule has 1 aromatic carbocycles. The van der Waals surface area contributed by atoms with E-state index in [1.54, 1.807) is 12.3 Å². The van der Waals surface area contributed by atoms with Crippen molar-refractivity contribution < 1.29 is 14.6 Å². The Bertz CT molecular complexity index is 558. The second kappa shape index (κ2) is 4.05. The first kappa shape index (κ1) is 11.4. The van der Waals surface area contributed by atoms with Crippen LogP contribution in [0.1, 0.15) is 13.8 Å². The molecule has 1 aromatic heterocycles. The highest BCUT2D eigenvalue weighted by atomic mass is 16.5. The van der Waals surface area contributed by atoms with Gasteiger partial charge in [-0.1, -0.05) is 18.2 Å². The largest absolute Gasteiger partial charge is 0.478 e. The molecular formula is C13H13NO3. The maximum Gasteiger partial charge on any atom is 0.347 e. The Kier molecular flexibility index (Phi) is 2.71. The second-order valence-electron chi connectivity index (χ2n) is 4.25. The molecule has 0 saturated carbocycles. The number of hydrogen-bond donors (Lipinski definition) is 1. The van der Waals surface area contributed by atoms with Crippen LogP contribution in [0.25, 0.3) is 10.9 Å². The van der Waals surface area contributed by atoms with Crippen LogP contribution < -0.4 is 4.74 Å². The molecule has 0 aliphatic heterocycles. The molecule has 17 heavy (non-hydrogen) atoms. The monoisotopic (exact) mass is 231 g/mol. The van der Waals surface area contributed by atoms with Gasteiger partial charge in [0.2, 0.25) is 0 Å². The van der Waals surface area contributed by atoms with E-state index in [0.29, 0.717) is 11.3 Å². The summed E-state index contributed by atoms with van der Waals surface area (Å²) in [4.78, 5) is 15.2. The first-order valence-corrected chi connectivity index (χ1v) is 5.27. The first-order valence-electron chi connectivity index (χ1n) is 5.27. The minimum Gasteiger partial charge on any atom is -0.478 e. The van der Waals surface area contributed by atoms with Gasteiger partial charge in [0, 0.05) is 11.6 Å². The number of carboxylic acid groups (broad SMARTS) is 1. The number of benzene rings is 1. The van der Waals surface area contributed by atoms with Crippen molar-refractivity contribution in [2.24, 2.45) is 0 Å². The van der Waals surface area contributed by atoms with Crippen LogP contribution in [0.2, 0.25) is 0 Å². The Morgan fingerprint density at radius 2 is 2.00 bits per heavy atom. The molecule has 4 nitrogen and oxygen atoms in total. The molecule has 0 bridgehead atoms. The molecule has 0 atom stereocenters. The third-order valence-electron chi connectivity index (χ3n) is 2.48. The molecule has 88 valence electrons. The number of pyridine rings is 1. The van der Waals surface area contributed by atoms with Gasteiger partial charge in [-0.2, -0.15) is 0 Å². The van der Waals surface area contributed by atoms with Crippen molar-refractivity contribution in [3.8, 4) is 5.75 Å². The Labute approximate surface area is 98.9 Å². The van der Waals surface area contributed by atoms with Gasteiger partial charge in [0.25, 0.3) is 0 Å². The van der Waals surface area contributed by atoms with Gasteiger partial charge in [-0.05, 0) is 26.0 Å². The van der Waals surface area contributed by atoms with Crippen LogP contribution in [-0.4, -0.2) is 21.7 Å². The van der Waals surface area contributed by atoms with Gasteiger partial charge >= 0.3 is 5.97 Å². The topological polar surface area (TPSA) is 59.4 Å². The molecule has 0 radical (unpaired) electrons. The van der Waals surface area contributed by atoms with Crippen LogP contribution in [0.4, 0.5) is 0 Å². The van der Waals surface area contributed by atoms with Gasteiger partial charge < -0.3 is 9.84 Å². The van der Waals surface area contributed by atoms with E-state index in [-0.39, 0.29) is 0 Å². The zero-order valence-corrected chi connectivity index (χ0v) is 9.68. The molecule has 2 rings (SSSR count). The zero-order valence-electron chi connectivity index (χ0n) is 9.68. The number of carbonyl (C=O) groups is 1. The molecule has 4 heteroatoms. The quantitative estimate of drug-likeness (QED) is 0.881. The van der Waals surface area contributed by atoms with Crippen LogP contribution in [-0.2, 0) is 4.79 Å². The molecule has 1 N–H and O–H groups in total. The van der Waals surface area contributed by atoms with Gasteiger partial charge in [-0.3, -0.25) is 4.98 Å². The number of para-hydroxylation sites is 1. The van der Waals surface area contributed by atoms with E-state index in [1.165, 1.54) is 13.8 Å². The number of aliphatic carboxylic acids is 1. The molecular weight excluding hydrogens is 218 g/mol. The Hall–Kier alpha value is -2.10. The standard InChI is InChI=1S/C13H13NO3/c1-13(2,12(15)16)17-10-7-3-5-9-6-4-8-14-11(9)10/h3-8H,1-2H3,(H,15,16). The fourth-order valence-electron chi connectivity index (χ4n) is 1.48. The highest BCUT2D eigenvalue weighted by Crippen LogP contribution is 2.26. The molecule has 0 aliphatic rings. The maximum atomic E-state index is 11.0. The average Bonchev–Trinajstić information content (AvgIpc) is 2.29. The molecule has 0 amide bonds. The summed E-state index contributed by atoms with van der Waals surface area (Å²) in [5.74, 6) is -0.527. The van der Waals surface area contributed by atoms with Crippen molar-refractivity contribution in [3.63, 3.8) is 0 Å². The van der Waals surface area contributed by atoms with E-state index < -0.39 is 11.6 Å². The SMILES string of the molecule is CC(C)(Oc1cccc2cccnc12)C(=O)O. The lowest BCUT2D eigenvalue weighted by atomic mass is 10.1. The lowest BCUT2D eigenvalue weighted by molar-refractivity contribution is -0.152. The minimum absolute atomic E-state index is 0.482. The van der Waals surface area contributed by atoms with Crippen molar-refractivity contribution in [2.75, 3.05) is 0 Å². The summed E-state index contributed by atoms with van der Waals surface area (Å²) in [6, 6.07) is 9.18. The normalized spacial score (nSPS) is 11.4. The van der Waals surface area contributed by atoms with Gasteiger partial charge in [0.15, 0.2) is 5.60 Å². The first-order chi connectivity index (χ1) is 8.00. The zero-order chi connectivity index (χ0) is 12.5. The van der Waals surface area contributed by atoms with Gasteiger partial charge in [-0.15, -0.1) is 0 Å². The number of nitrogens with zero attached hydrogens (tertiary/aromatic N) is 1. The Morgan fingerprint density at radius 3 is 2.71 bits per heavy atom. The number of rotatable bonds is 3. The Morgan fingerprint density at radius 1 is 1.29 bits per heavy atom. The summed E-state index contributed by atoms with van der Waals surface area (Å²) in [5, 5.41) is 9.95. The summed E-state index contributed by atoms with van der Waals surface area (Å²) < 4.78 is 5.51. The van der Waals surface area contributed by atoms with E-state index in [1.807, 2.05) is 24.3 Å². The molecule has 0 saturated heterocycles. The maximum absolute atomic E-state index is 11.0. The highest BCUT2D eigenvalue weighted by molar-refractivity contribution is 5.85. The number of fused-ring (bicyclic) bond motifs is 1. The summed E-state index contributed by atoms with van der Waals surface area (Å²) in [6.45, 7) is 3.02. The summed E-state index contributed by atoms with van der Waals surface area (Å²) in [5.41, 5.74) is -0.601. The molecule has 0 fully saturated rings. The highest BCUT2D eigenvalue weighted by Gasteiger charge is 2.30. The lowest BCUT2D eigenvalue weighted by Gasteiger charge is -2.22. The molecule has 0 aliphatic carbocycles. The fraction of sp³-hybridized carbons (Fsp3) is 0.231. The van der Waals surface area contributed by atoms with Crippen molar-refractivity contribution in [1.82, 2.24) is 4.98 Å². The lowest BCUT2D eigenvalue weighted by Crippen LogP contribution is -2.37. The van der Waals surface area contributed by atoms with Gasteiger partial charge in [-0.25, -0.2) is 4.79 Å². The number of aromatic nitrogens is 1. The van der Waals surface area contributed by atoms with Crippen molar-refractivity contribution in [3.05, 3.63) is 36.5 Å². The average molecular weight is 231 g/mol.